The molecule has 1 aromatic rings. The summed E-state index contributed by atoms with van der Waals surface area (Å²) in [7, 11) is 0. The van der Waals surface area contributed by atoms with E-state index in [1.807, 2.05) is 0 Å². The first-order chi connectivity index (χ1) is 6.52. The highest BCUT2D eigenvalue weighted by Gasteiger charge is 2.13. The topological polar surface area (TPSA) is 74.6 Å². The minimum Gasteiger partial charge on any atom is -0.478 e. The van der Waals surface area contributed by atoms with Crippen molar-refractivity contribution < 1.29 is 19.8 Å². The van der Waals surface area contributed by atoms with Gasteiger partial charge in [-0.2, -0.15) is 0 Å². The summed E-state index contributed by atoms with van der Waals surface area (Å²) >= 11 is 0. The molecule has 0 aliphatic rings. The predicted molar refractivity (Wildman–Crippen MR) is 49.4 cm³/mol. The average Bonchev–Trinajstić information content (AvgIpc) is 2.16. The molecular weight excluding hydrogens is 184 g/mol. The second-order valence-electron chi connectivity index (χ2n) is 2.93. The Morgan fingerprint density at radius 1 is 1.29 bits per heavy atom. The van der Waals surface area contributed by atoms with E-state index in [4.69, 9.17) is 10.2 Å². The fourth-order valence-electron chi connectivity index (χ4n) is 1.05. The van der Waals surface area contributed by atoms with Crippen LogP contribution in [0.15, 0.2) is 24.3 Å². The monoisotopic (exact) mass is 194 g/mol. The lowest BCUT2D eigenvalue weighted by molar-refractivity contribution is 0.0696. The Morgan fingerprint density at radius 3 is 2.36 bits per heavy atom. The number of hydrogen-bond acceptors (Lipinski definition) is 3. The van der Waals surface area contributed by atoms with E-state index in [0.29, 0.717) is 0 Å². The molecule has 14 heavy (non-hydrogen) atoms. The van der Waals surface area contributed by atoms with Gasteiger partial charge in [0.15, 0.2) is 5.78 Å². The van der Waals surface area contributed by atoms with Gasteiger partial charge >= 0.3 is 5.97 Å². The summed E-state index contributed by atoms with van der Waals surface area (Å²) in [6.07, 6.45) is -1.11. The Balaban J connectivity index is 3.06. The van der Waals surface area contributed by atoms with Gasteiger partial charge in [-0.1, -0.05) is 12.1 Å². The van der Waals surface area contributed by atoms with Crippen LogP contribution in [-0.2, 0) is 0 Å². The molecule has 1 atom stereocenters. The fourth-order valence-corrected chi connectivity index (χ4v) is 1.05. The summed E-state index contributed by atoms with van der Waals surface area (Å²) in [4.78, 5) is 21.8. The lowest BCUT2D eigenvalue weighted by atomic mass is 10.0. The third kappa shape index (κ3) is 2.17. The van der Waals surface area contributed by atoms with E-state index in [2.05, 4.69) is 0 Å². The van der Waals surface area contributed by atoms with Crippen LogP contribution in [0.3, 0.4) is 0 Å². The largest absolute Gasteiger partial charge is 0.478 e. The number of carbonyl (C=O) groups is 2. The summed E-state index contributed by atoms with van der Waals surface area (Å²) in [5, 5.41) is 17.7. The van der Waals surface area contributed by atoms with Gasteiger partial charge in [-0.05, 0) is 19.1 Å². The Labute approximate surface area is 80.8 Å². The second kappa shape index (κ2) is 4.02. The van der Waals surface area contributed by atoms with Gasteiger partial charge < -0.3 is 10.2 Å². The van der Waals surface area contributed by atoms with Gasteiger partial charge in [-0.15, -0.1) is 0 Å². The Morgan fingerprint density at radius 2 is 1.86 bits per heavy atom. The molecule has 0 fully saturated rings. The van der Waals surface area contributed by atoms with Crippen molar-refractivity contribution in [3.8, 4) is 0 Å². The van der Waals surface area contributed by atoms with E-state index in [1.54, 1.807) is 0 Å². The third-order valence-electron chi connectivity index (χ3n) is 1.77. The van der Waals surface area contributed by atoms with Crippen LogP contribution in [0.25, 0.3) is 0 Å². The van der Waals surface area contributed by atoms with Crippen LogP contribution in [0.4, 0.5) is 0 Å². The molecule has 0 heterocycles. The maximum absolute atomic E-state index is 11.3. The number of carboxylic acids is 1. The maximum Gasteiger partial charge on any atom is 0.335 e. The first-order valence-electron chi connectivity index (χ1n) is 4.08. The number of aliphatic hydroxyl groups excluding tert-OH is 1. The molecule has 0 saturated carbocycles. The number of aromatic carboxylic acids is 1. The van der Waals surface area contributed by atoms with Gasteiger partial charge in [0.2, 0.25) is 0 Å². The molecule has 1 unspecified atom stereocenters. The van der Waals surface area contributed by atoms with Gasteiger partial charge in [-0.3, -0.25) is 4.79 Å². The lowest BCUT2D eigenvalue weighted by Crippen LogP contribution is -2.16. The van der Waals surface area contributed by atoms with Crippen LogP contribution >= 0.6 is 0 Å². The van der Waals surface area contributed by atoms with Crippen LogP contribution in [0.5, 0.6) is 0 Å². The number of benzene rings is 1. The van der Waals surface area contributed by atoms with Crippen molar-refractivity contribution in [2.45, 2.75) is 13.0 Å². The quantitative estimate of drug-likeness (QED) is 0.702. The number of aliphatic hydroxyl groups is 1. The third-order valence-corrected chi connectivity index (χ3v) is 1.77. The molecule has 0 aromatic heterocycles. The van der Waals surface area contributed by atoms with Crippen molar-refractivity contribution in [2.75, 3.05) is 0 Å². The molecule has 4 nitrogen and oxygen atoms in total. The highest BCUT2D eigenvalue weighted by molar-refractivity contribution is 6.01. The Hall–Kier alpha value is -1.68. The molecule has 0 aliphatic carbocycles. The molecular formula is C10H10O4. The van der Waals surface area contributed by atoms with Crippen LogP contribution < -0.4 is 0 Å². The molecule has 2 N–H and O–H groups in total. The van der Waals surface area contributed by atoms with Gasteiger partial charge in [0.05, 0.1) is 5.56 Å². The standard InChI is InChI=1S/C10H10O4/c1-6(11)9(12)7-3-2-4-8(5-7)10(13)14/h2-6,11H,1H3,(H,13,14). The second-order valence-corrected chi connectivity index (χ2v) is 2.93. The average molecular weight is 194 g/mol. The highest BCUT2D eigenvalue weighted by atomic mass is 16.4. The zero-order valence-electron chi connectivity index (χ0n) is 7.60. The van der Waals surface area contributed by atoms with Crippen molar-refractivity contribution in [1.82, 2.24) is 0 Å². The molecule has 74 valence electrons. The molecule has 0 radical (unpaired) electrons. The molecule has 0 spiro atoms. The molecule has 4 heteroatoms. The van der Waals surface area contributed by atoms with Crippen LogP contribution in [0.1, 0.15) is 27.6 Å². The lowest BCUT2D eigenvalue weighted by Gasteiger charge is -2.03. The Kier molecular flexibility index (Phi) is 2.99. The first kappa shape index (κ1) is 10.4. The summed E-state index contributed by atoms with van der Waals surface area (Å²) in [6, 6.07) is 5.58. The number of Topliss-reactive ketones (excluding diaryl/α,β-unsaturated/α-hetero) is 1. The number of hydrogen-bond donors (Lipinski definition) is 2. The first-order valence-corrected chi connectivity index (χ1v) is 4.08. The summed E-state index contributed by atoms with van der Waals surface area (Å²) in [5.41, 5.74) is 0.247. The number of ketones is 1. The normalized spacial score (nSPS) is 12.1. The smallest absolute Gasteiger partial charge is 0.335 e. The van der Waals surface area contributed by atoms with Crippen LogP contribution in [-0.4, -0.2) is 28.1 Å². The molecule has 0 amide bonds. The minimum absolute atomic E-state index is 0.0384. The van der Waals surface area contributed by atoms with Crippen LogP contribution in [0.2, 0.25) is 0 Å². The van der Waals surface area contributed by atoms with E-state index in [0.717, 1.165) is 0 Å². The van der Waals surface area contributed by atoms with E-state index in [9.17, 15) is 9.59 Å². The van der Waals surface area contributed by atoms with Crippen molar-refractivity contribution >= 4 is 11.8 Å². The predicted octanol–water partition coefficient (Wildman–Crippen LogP) is 0.948. The zero-order chi connectivity index (χ0) is 10.7. The molecule has 0 bridgehead atoms. The van der Waals surface area contributed by atoms with E-state index in [-0.39, 0.29) is 11.1 Å². The molecule has 0 saturated heterocycles. The van der Waals surface area contributed by atoms with E-state index >= 15 is 0 Å². The maximum atomic E-state index is 11.3. The zero-order valence-corrected chi connectivity index (χ0v) is 7.60. The summed E-state index contributed by atoms with van der Waals surface area (Å²) in [5.74, 6) is -1.57. The van der Waals surface area contributed by atoms with Crippen LogP contribution in [0, 0.1) is 0 Å². The summed E-state index contributed by atoms with van der Waals surface area (Å²) in [6.45, 7) is 1.34. The fraction of sp³-hybridized carbons (Fsp3) is 0.200. The minimum atomic E-state index is -1.11. The van der Waals surface area contributed by atoms with Gasteiger partial charge in [0, 0.05) is 5.56 Å². The van der Waals surface area contributed by atoms with Crippen molar-refractivity contribution in [3.63, 3.8) is 0 Å². The van der Waals surface area contributed by atoms with Gasteiger partial charge in [-0.25, -0.2) is 4.79 Å². The van der Waals surface area contributed by atoms with Crippen molar-refractivity contribution in [3.05, 3.63) is 35.4 Å². The van der Waals surface area contributed by atoms with Crippen molar-refractivity contribution in [2.24, 2.45) is 0 Å². The molecule has 1 aromatic carbocycles. The van der Waals surface area contributed by atoms with E-state index < -0.39 is 17.9 Å². The van der Waals surface area contributed by atoms with Gasteiger partial charge in [0.1, 0.15) is 6.10 Å². The number of rotatable bonds is 3. The van der Waals surface area contributed by atoms with Gasteiger partial charge in [0.25, 0.3) is 0 Å². The number of carboxylic acid groups (broad SMARTS) is 1. The molecule has 1 rings (SSSR count). The van der Waals surface area contributed by atoms with Crippen molar-refractivity contribution in [1.29, 1.82) is 0 Å². The Bertz CT molecular complexity index is 368. The summed E-state index contributed by atoms with van der Waals surface area (Å²) < 4.78 is 0. The van der Waals surface area contributed by atoms with E-state index in [1.165, 1.54) is 31.2 Å². The highest BCUT2D eigenvalue weighted by Crippen LogP contribution is 2.07. The SMILES string of the molecule is CC(O)C(=O)c1cccc(C(=O)O)c1. The molecule has 0 aliphatic heterocycles. The number of carbonyl (C=O) groups excluding carboxylic acids is 1.